The molecule has 5 heteroatoms. The van der Waals surface area contributed by atoms with Gasteiger partial charge in [-0.25, -0.2) is 8.42 Å². The maximum absolute atomic E-state index is 11.1. The van der Waals surface area contributed by atoms with Gasteiger partial charge >= 0.3 is 0 Å². The van der Waals surface area contributed by atoms with Gasteiger partial charge in [0.1, 0.15) is 0 Å². The van der Waals surface area contributed by atoms with Crippen LogP contribution in [0.1, 0.15) is 39.5 Å². The number of carbonyl (C=O) groups excluding carboxylic acids is 1. The van der Waals surface area contributed by atoms with Gasteiger partial charge in [0, 0.05) is 6.42 Å². The van der Waals surface area contributed by atoms with Crippen molar-refractivity contribution in [3.05, 3.63) is 0 Å². The molecule has 0 spiro atoms. The van der Waals surface area contributed by atoms with Crippen molar-refractivity contribution in [1.82, 2.24) is 4.72 Å². The molecule has 0 aromatic rings. The highest BCUT2D eigenvalue weighted by Gasteiger charge is 2.12. The summed E-state index contributed by atoms with van der Waals surface area (Å²) in [5, 5.41) is 0. The van der Waals surface area contributed by atoms with Crippen LogP contribution in [-0.2, 0) is 14.8 Å². The summed E-state index contributed by atoms with van der Waals surface area (Å²) in [5.41, 5.74) is 0. The summed E-state index contributed by atoms with van der Waals surface area (Å²) < 4.78 is 24.3. The summed E-state index contributed by atoms with van der Waals surface area (Å²) in [7, 11) is -3.36. The second-order valence-electron chi connectivity index (χ2n) is 2.95. The van der Waals surface area contributed by atoms with Gasteiger partial charge in [0.2, 0.25) is 15.9 Å². The third-order valence-corrected chi connectivity index (χ3v) is 2.88. The summed E-state index contributed by atoms with van der Waals surface area (Å²) in [5.74, 6) is -0.363. The van der Waals surface area contributed by atoms with Gasteiger partial charge in [-0.3, -0.25) is 9.52 Å². The molecule has 0 unspecified atom stereocenters. The lowest BCUT2D eigenvalue weighted by Crippen LogP contribution is -2.32. The molecule has 0 aromatic carbocycles. The summed E-state index contributed by atoms with van der Waals surface area (Å²) in [4.78, 5) is 10.9. The van der Waals surface area contributed by atoms with Crippen LogP contribution in [0, 0.1) is 0 Å². The smallest absolute Gasteiger partial charge is 0.234 e. The Balaban J connectivity index is 3.95. The van der Waals surface area contributed by atoms with Crippen LogP contribution < -0.4 is 4.72 Å². The van der Waals surface area contributed by atoms with E-state index < -0.39 is 15.9 Å². The zero-order valence-corrected chi connectivity index (χ0v) is 8.99. The van der Waals surface area contributed by atoms with Crippen LogP contribution in [0.15, 0.2) is 0 Å². The van der Waals surface area contributed by atoms with E-state index in [-0.39, 0.29) is 12.2 Å². The highest BCUT2D eigenvalue weighted by atomic mass is 32.2. The maximum Gasteiger partial charge on any atom is 0.234 e. The highest BCUT2D eigenvalue weighted by molar-refractivity contribution is 7.90. The first-order chi connectivity index (χ1) is 6.02. The Morgan fingerprint density at radius 2 is 1.85 bits per heavy atom. The average Bonchev–Trinajstić information content (AvgIpc) is 2.00. The van der Waals surface area contributed by atoms with E-state index in [2.05, 4.69) is 0 Å². The van der Waals surface area contributed by atoms with Gasteiger partial charge < -0.3 is 0 Å². The number of carbonyl (C=O) groups is 1. The lowest BCUT2D eigenvalue weighted by atomic mass is 10.3. The van der Waals surface area contributed by atoms with Crippen molar-refractivity contribution in [2.24, 2.45) is 0 Å². The zero-order valence-electron chi connectivity index (χ0n) is 8.17. The highest BCUT2D eigenvalue weighted by Crippen LogP contribution is 1.95. The number of amides is 1. The van der Waals surface area contributed by atoms with Crippen molar-refractivity contribution in [3.8, 4) is 0 Å². The molecule has 0 aliphatic carbocycles. The number of nitrogens with one attached hydrogen (secondary N) is 1. The van der Waals surface area contributed by atoms with Gasteiger partial charge in [0.25, 0.3) is 0 Å². The Hall–Kier alpha value is -0.580. The molecule has 0 aliphatic rings. The predicted molar refractivity (Wildman–Crippen MR) is 51.7 cm³/mol. The van der Waals surface area contributed by atoms with Crippen LogP contribution in [0.4, 0.5) is 0 Å². The van der Waals surface area contributed by atoms with E-state index >= 15 is 0 Å². The molecular formula is C8H17NO3S. The van der Waals surface area contributed by atoms with Gasteiger partial charge in [-0.05, 0) is 12.8 Å². The zero-order chi connectivity index (χ0) is 10.3. The fourth-order valence-corrected chi connectivity index (χ4v) is 2.06. The molecule has 0 aromatic heterocycles. The predicted octanol–water partition coefficient (Wildman–Crippen LogP) is 1.03. The summed E-state index contributed by atoms with van der Waals surface area (Å²) >= 11 is 0. The monoisotopic (exact) mass is 207 g/mol. The van der Waals surface area contributed by atoms with Crippen molar-refractivity contribution in [3.63, 3.8) is 0 Å². The number of rotatable bonds is 6. The summed E-state index contributed by atoms with van der Waals surface area (Å²) in [6.07, 6.45) is 2.33. The second-order valence-corrected chi connectivity index (χ2v) is 4.79. The number of unbranched alkanes of at least 4 members (excludes halogenated alkanes) is 1. The van der Waals surface area contributed by atoms with Crippen molar-refractivity contribution < 1.29 is 13.2 Å². The summed E-state index contributed by atoms with van der Waals surface area (Å²) in [6, 6.07) is 0. The van der Waals surface area contributed by atoms with E-state index in [4.69, 9.17) is 0 Å². The fourth-order valence-electron chi connectivity index (χ4n) is 0.837. The van der Waals surface area contributed by atoms with Crippen LogP contribution in [0.25, 0.3) is 0 Å². The van der Waals surface area contributed by atoms with Gasteiger partial charge in [-0.1, -0.05) is 20.3 Å². The standard InChI is InChI=1S/C8H17NO3S/c1-3-5-7-13(11,12)9-8(10)6-4-2/h3-7H2,1-2H3,(H,9,10). The minimum absolute atomic E-state index is 0.0406. The van der Waals surface area contributed by atoms with Gasteiger partial charge in [-0.15, -0.1) is 0 Å². The maximum atomic E-state index is 11.1. The third kappa shape index (κ3) is 6.57. The number of hydrogen-bond acceptors (Lipinski definition) is 3. The molecule has 13 heavy (non-hydrogen) atoms. The molecule has 78 valence electrons. The minimum Gasteiger partial charge on any atom is -0.274 e. The quantitative estimate of drug-likeness (QED) is 0.707. The molecular weight excluding hydrogens is 190 g/mol. The molecule has 0 radical (unpaired) electrons. The van der Waals surface area contributed by atoms with E-state index in [1.165, 1.54) is 0 Å². The topological polar surface area (TPSA) is 63.2 Å². The van der Waals surface area contributed by atoms with Crippen LogP contribution in [-0.4, -0.2) is 20.1 Å². The fraction of sp³-hybridized carbons (Fsp3) is 0.875. The van der Waals surface area contributed by atoms with E-state index in [9.17, 15) is 13.2 Å². The van der Waals surface area contributed by atoms with Gasteiger partial charge in [0.05, 0.1) is 5.75 Å². The number of hydrogen-bond donors (Lipinski definition) is 1. The minimum atomic E-state index is -3.36. The Morgan fingerprint density at radius 1 is 1.23 bits per heavy atom. The Kier molecular flexibility index (Phi) is 5.70. The average molecular weight is 207 g/mol. The van der Waals surface area contributed by atoms with E-state index in [0.29, 0.717) is 12.8 Å². The molecule has 4 nitrogen and oxygen atoms in total. The molecule has 0 saturated carbocycles. The van der Waals surface area contributed by atoms with Gasteiger partial charge in [-0.2, -0.15) is 0 Å². The normalized spacial score (nSPS) is 11.2. The Bertz CT molecular complexity index is 246. The van der Waals surface area contributed by atoms with E-state index in [1.54, 1.807) is 0 Å². The van der Waals surface area contributed by atoms with Crippen LogP contribution in [0.5, 0.6) is 0 Å². The molecule has 0 saturated heterocycles. The molecule has 0 atom stereocenters. The lowest BCUT2D eigenvalue weighted by molar-refractivity contribution is -0.119. The van der Waals surface area contributed by atoms with Crippen LogP contribution in [0.3, 0.4) is 0 Å². The molecule has 0 rings (SSSR count). The SMILES string of the molecule is CCCCS(=O)(=O)NC(=O)CCC. The molecule has 1 N–H and O–H groups in total. The molecule has 0 bridgehead atoms. The summed E-state index contributed by atoms with van der Waals surface area (Å²) in [6.45, 7) is 3.74. The van der Waals surface area contributed by atoms with E-state index in [0.717, 1.165) is 6.42 Å². The van der Waals surface area contributed by atoms with Crippen molar-refractivity contribution >= 4 is 15.9 Å². The Morgan fingerprint density at radius 3 is 2.31 bits per heavy atom. The Labute approximate surface area is 79.8 Å². The van der Waals surface area contributed by atoms with Crippen LogP contribution >= 0.6 is 0 Å². The van der Waals surface area contributed by atoms with E-state index in [1.807, 2.05) is 18.6 Å². The van der Waals surface area contributed by atoms with Crippen molar-refractivity contribution in [2.75, 3.05) is 5.75 Å². The third-order valence-electron chi connectivity index (χ3n) is 1.51. The van der Waals surface area contributed by atoms with Gasteiger partial charge in [0.15, 0.2) is 0 Å². The lowest BCUT2D eigenvalue weighted by Gasteiger charge is -2.04. The molecule has 0 heterocycles. The first-order valence-electron chi connectivity index (χ1n) is 4.55. The first-order valence-corrected chi connectivity index (χ1v) is 6.20. The van der Waals surface area contributed by atoms with Crippen molar-refractivity contribution in [2.45, 2.75) is 39.5 Å². The van der Waals surface area contributed by atoms with Crippen molar-refractivity contribution in [1.29, 1.82) is 0 Å². The second kappa shape index (κ2) is 5.96. The molecule has 0 fully saturated rings. The molecule has 0 aliphatic heterocycles. The van der Waals surface area contributed by atoms with Crippen LogP contribution in [0.2, 0.25) is 0 Å². The first kappa shape index (κ1) is 12.4. The number of sulfonamides is 1. The largest absolute Gasteiger partial charge is 0.274 e. The molecule has 1 amide bonds.